The van der Waals surface area contributed by atoms with E-state index in [1.807, 2.05) is 18.2 Å². The van der Waals surface area contributed by atoms with Crippen LogP contribution in [0, 0.1) is 5.82 Å². The number of aromatic nitrogens is 2. The molecule has 8 nitrogen and oxygen atoms in total. The van der Waals surface area contributed by atoms with Gasteiger partial charge in [-0.15, -0.1) is 10.2 Å². The zero-order valence-electron chi connectivity index (χ0n) is 16.8. The molecule has 2 heterocycles. The van der Waals surface area contributed by atoms with Crippen LogP contribution in [0.15, 0.2) is 52.1 Å². The maximum Gasteiger partial charge on any atom is 0.277 e. The second-order valence-electron chi connectivity index (χ2n) is 6.76. The number of benzene rings is 2. The Kier molecular flexibility index (Phi) is 6.26. The van der Waals surface area contributed by atoms with E-state index in [4.69, 9.17) is 18.6 Å². The Labute approximate surface area is 182 Å². The van der Waals surface area contributed by atoms with Crippen molar-refractivity contribution in [3.8, 4) is 17.2 Å². The van der Waals surface area contributed by atoms with Crippen molar-refractivity contribution in [3.05, 3.63) is 59.7 Å². The minimum absolute atomic E-state index is 0.0960. The number of fused-ring (bicyclic) bond motifs is 1. The summed E-state index contributed by atoms with van der Waals surface area (Å²) in [6.45, 7) is 3.97. The first-order valence-electron chi connectivity index (χ1n) is 9.57. The predicted octanol–water partition coefficient (Wildman–Crippen LogP) is 3.87. The van der Waals surface area contributed by atoms with E-state index in [-0.39, 0.29) is 29.6 Å². The zero-order valence-corrected chi connectivity index (χ0v) is 17.6. The van der Waals surface area contributed by atoms with E-state index in [1.165, 1.54) is 12.1 Å². The molecule has 4 rings (SSSR count). The number of halogens is 1. The fourth-order valence-electron chi connectivity index (χ4n) is 2.80. The van der Waals surface area contributed by atoms with E-state index < -0.39 is 17.2 Å². The van der Waals surface area contributed by atoms with E-state index in [1.54, 1.807) is 26.0 Å². The maximum atomic E-state index is 13.7. The number of nitrogens with zero attached hydrogens (tertiary/aromatic N) is 2. The summed E-state index contributed by atoms with van der Waals surface area (Å²) in [6, 6.07) is 11.6. The summed E-state index contributed by atoms with van der Waals surface area (Å²) in [5.41, 5.74) is 0.897. The number of hydrogen-bond donors (Lipinski definition) is 1. The highest BCUT2D eigenvalue weighted by atomic mass is 32.2. The van der Waals surface area contributed by atoms with Crippen LogP contribution in [0.1, 0.15) is 31.4 Å². The Bertz CT molecular complexity index is 1080. The molecule has 1 amide bonds. The fourth-order valence-corrected chi connectivity index (χ4v) is 3.52. The predicted molar refractivity (Wildman–Crippen MR) is 109 cm³/mol. The zero-order chi connectivity index (χ0) is 21.8. The quantitative estimate of drug-likeness (QED) is 0.522. The Morgan fingerprint density at radius 1 is 1.19 bits per heavy atom. The second-order valence-corrected chi connectivity index (χ2v) is 8.05. The van der Waals surface area contributed by atoms with E-state index in [0.29, 0.717) is 18.0 Å². The molecule has 10 heteroatoms. The first-order chi connectivity index (χ1) is 15.0. The number of carbonyl (C=O) groups excluding carboxylic acids is 1. The van der Waals surface area contributed by atoms with Crippen molar-refractivity contribution in [2.75, 3.05) is 6.79 Å². The highest BCUT2D eigenvalue weighted by Crippen LogP contribution is 2.32. The van der Waals surface area contributed by atoms with Crippen molar-refractivity contribution >= 4 is 17.7 Å². The molecule has 1 N–H and O–H groups in total. The molecule has 0 saturated heterocycles. The molecule has 162 valence electrons. The lowest BCUT2D eigenvalue weighted by atomic mass is 10.2. The van der Waals surface area contributed by atoms with Crippen LogP contribution >= 0.6 is 11.8 Å². The molecule has 3 aromatic rings. The third kappa shape index (κ3) is 5.08. The third-order valence-corrected chi connectivity index (χ3v) is 5.40. The molecule has 0 aliphatic carbocycles. The highest BCUT2D eigenvalue weighted by molar-refractivity contribution is 8.00. The number of hydrogen-bond acceptors (Lipinski definition) is 8. The molecule has 0 saturated carbocycles. The van der Waals surface area contributed by atoms with Crippen LogP contribution in [0.2, 0.25) is 0 Å². The van der Waals surface area contributed by atoms with Gasteiger partial charge in [-0.25, -0.2) is 4.39 Å². The van der Waals surface area contributed by atoms with Gasteiger partial charge in [0, 0.05) is 6.54 Å². The maximum absolute atomic E-state index is 13.7. The van der Waals surface area contributed by atoms with Gasteiger partial charge in [0.15, 0.2) is 29.2 Å². The van der Waals surface area contributed by atoms with Crippen molar-refractivity contribution in [3.63, 3.8) is 0 Å². The lowest BCUT2D eigenvalue weighted by molar-refractivity contribution is -0.120. The summed E-state index contributed by atoms with van der Waals surface area (Å²) in [4.78, 5) is 12.4. The van der Waals surface area contributed by atoms with Crippen LogP contribution in [0.5, 0.6) is 17.2 Å². The van der Waals surface area contributed by atoms with Gasteiger partial charge >= 0.3 is 0 Å². The van der Waals surface area contributed by atoms with Crippen LogP contribution in [-0.2, 0) is 11.3 Å². The minimum atomic E-state index is -0.645. The molecule has 0 spiro atoms. The summed E-state index contributed by atoms with van der Waals surface area (Å²) in [5.74, 6) is 0.991. The number of nitrogens with one attached hydrogen (secondary N) is 1. The van der Waals surface area contributed by atoms with Crippen molar-refractivity contribution in [2.24, 2.45) is 0 Å². The molecular formula is C21H20FN3O5S. The van der Waals surface area contributed by atoms with Crippen LogP contribution in [0.3, 0.4) is 0 Å². The monoisotopic (exact) mass is 445 g/mol. The summed E-state index contributed by atoms with van der Waals surface area (Å²) < 4.78 is 35.5. The lowest BCUT2D eigenvalue weighted by Crippen LogP contribution is -2.30. The summed E-state index contributed by atoms with van der Waals surface area (Å²) in [5, 5.41) is 10.5. The van der Waals surface area contributed by atoms with Crippen molar-refractivity contribution < 1.29 is 27.8 Å². The smallest absolute Gasteiger partial charge is 0.277 e. The minimum Gasteiger partial charge on any atom is -0.478 e. The van der Waals surface area contributed by atoms with Crippen LogP contribution < -0.4 is 19.5 Å². The Morgan fingerprint density at radius 2 is 2.00 bits per heavy atom. The van der Waals surface area contributed by atoms with Crippen LogP contribution in [0.25, 0.3) is 0 Å². The average Bonchev–Trinajstić information content (AvgIpc) is 3.42. The Hall–Kier alpha value is -3.27. The third-order valence-electron chi connectivity index (χ3n) is 4.46. The molecule has 1 aromatic heterocycles. The Morgan fingerprint density at radius 3 is 2.84 bits per heavy atom. The average molecular weight is 445 g/mol. The first-order valence-corrected chi connectivity index (χ1v) is 10.4. The standard InChI is InChI=1S/C21H20FN3O5S/c1-12(29-16-6-4-3-5-15(16)22)20-24-25-21(30-20)31-13(2)19(26)23-10-14-7-8-17-18(9-14)28-11-27-17/h3-9,12-13H,10-11H2,1-2H3,(H,23,26)/t12-,13-/m1/s1. The van der Waals surface area contributed by atoms with E-state index in [9.17, 15) is 9.18 Å². The molecular weight excluding hydrogens is 425 g/mol. The van der Waals surface area contributed by atoms with Gasteiger partial charge in [0.25, 0.3) is 11.1 Å². The van der Waals surface area contributed by atoms with Gasteiger partial charge in [-0.2, -0.15) is 0 Å². The van der Waals surface area contributed by atoms with Gasteiger partial charge in [-0.05, 0) is 43.7 Å². The summed E-state index contributed by atoms with van der Waals surface area (Å²) in [7, 11) is 0. The first kappa shape index (κ1) is 21.0. The second kappa shape index (κ2) is 9.25. The van der Waals surface area contributed by atoms with Gasteiger partial charge in [-0.3, -0.25) is 4.79 Å². The lowest BCUT2D eigenvalue weighted by Gasteiger charge is -2.11. The molecule has 2 atom stereocenters. The van der Waals surface area contributed by atoms with Crippen molar-refractivity contribution in [1.29, 1.82) is 0 Å². The van der Waals surface area contributed by atoms with Crippen LogP contribution in [0.4, 0.5) is 4.39 Å². The molecule has 0 radical (unpaired) electrons. The number of carbonyl (C=O) groups is 1. The van der Waals surface area contributed by atoms with Crippen molar-refractivity contribution in [2.45, 2.75) is 37.0 Å². The molecule has 0 bridgehead atoms. The van der Waals surface area contributed by atoms with E-state index >= 15 is 0 Å². The number of thioether (sulfide) groups is 1. The van der Waals surface area contributed by atoms with Gasteiger partial charge in [0.05, 0.1) is 5.25 Å². The van der Waals surface area contributed by atoms with Gasteiger partial charge in [0.2, 0.25) is 12.7 Å². The largest absolute Gasteiger partial charge is 0.478 e. The number of rotatable bonds is 8. The number of ether oxygens (including phenoxy) is 3. The van der Waals surface area contributed by atoms with Crippen LogP contribution in [-0.4, -0.2) is 28.1 Å². The molecule has 1 aliphatic rings. The normalized spacial score (nSPS) is 14.2. The molecule has 0 unspecified atom stereocenters. The molecule has 1 aliphatic heterocycles. The SMILES string of the molecule is C[C@@H](Sc1nnc([C@@H](C)Oc2ccccc2F)o1)C(=O)NCc1ccc2c(c1)OCO2. The molecule has 2 aromatic carbocycles. The van der Waals surface area contributed by atoms with Gasteiger partial charge in [0.1, 0.15) is 0 Å². The molecule has 0 fully saturated rings. The molecule has 31 heavy (non-hydrogen) atoms. The van der Waals surface area contributed by atoms with Gasteiger partial charge < -0.3 is 23.9 Å². The van der Waals surface area contributed by atoms with Gasteiger partial charge in [-0.1, -0.05) is 30.0 Å². The van der Waals surface area contributed by atoms with E-state index in [2.05, 4.69) is 15.5 Å². The Balaban J connectivity index is 1.29. The van der Waals surface area contributed by atoms with E-state index in [0.717, 1.165) is 17.3 Å². The highest BCUT2D eigenvalue weighted by Gasteiger charge is 2.22. The topological polar surface area (TPSA) is 95.7 Å². The number of para-hydroxylation sites is 1. The summed E-state index contributed by atoms with van der Waals surface area (Å²) >= 11 is 1.13. The number of amides is 1. The summed E-state index contributed by atoms with van der Waals surface area (Å²) in [6.07, 6.45) is -0.645. The van der Waals surface area contributed by atoms with Crippen molar-refractivity contribution in [1.82, 2.24) is 15.5 Å². The fraction of sp³-hybridized carbons (Fsp3) is 0.286.